The second kappa shape index (κ2) is 7.32. The summed E-state index contributed by atoms with van der Waals surface area (Å²) in [4.78, 5) is 34.7. The average Bonchev–Trinajstić information content (AvgIpc) is 3.46. The van der Waals surface area contributed by atoms with Gasteiger partial charge in [0, 0.05) is 42.8 Å². The molecule has 0 radical (unpaired) electrons. The van der Waals surface area contributed by atoms with Gasteiger partial charge in [-0.3, -0.25) is 9.59 Å². The van der Waals surface area contributed by atoms with E-state index in [1.165, 1.54) is 21.9 Å². The van der Waals surface area contributed by atoms with Crippen molar-refractivity contribution in [3.05, 3.63) is 58.1 Å². The van der Waals surface area contributed by atoms with Crippen molar-refractivity contribution < 1.29 is 4.79 Å². The monoisotopic (exact) mass is 408 g/mol. The van der Waals surface area contributed by atoms with E-state index in [1.54, 1.807) is 0 Å². The number of carbonyl (C=O) groups excluding carboxylic acids is 1. The molecular formula is C20H20N6O2S. The number of carbonyl (C=O) groups is 1. The van der Waals surface area contributed by atoms with Gasteiger partial charge in [-0.1, -0.05) is 29.5 Å². The second-order valence-corrected chi connectivity index (χ2v) is 8.05. The number of benzene rings is 1. The Balaban J connectivity index is 1.35. The molecule has 8 nitrogen and oxygen atoms in total. The van der Waals surface area contributed by atoms with Gasteiger partial charge in [0.05, 0.1) is 0 Å². The molecule has 0 saturated carbocycles. The zero-order chi connectivity index (χ0) is 19.8. The minimum absolute atomic E-state index is 0.223. The third-order valence-corrected chi connectivity index (χ3v) is 6.18. The molecule has 0 bridgehead atoms. The van der Waals surface area contributed by atoms with Crippen molar-refractivity contribution in [2.24, 2.45) is 0 Å². The maximum absolute atomic E-state index is 12.8. The lowest BCUT2D eigenvalue weighted by atomic mass is 10.1. The average molecular weight is 408 g/mol. The Labute approximate surface area is 170 Å². The molecule has 148 valence electrons. The molecule has 2 N–H and O–H groups in total. The molecule has 1 saturated heterocycles. The minimum Gasteiger partial charge on any atom is -0.361 e. The van der Waals surface area contributed by atoms with E-state index in [2.05, 4.69) is 31.3 Å². The summed E-state index contributed by atoms with van der Waals surface area (Å²) >= 11 is 1.35. The quantitative estimate of drug-likeness (QED) is 0.528. The van der Waals surface area contributed by atoms with Crippen LogP contribution in [0, 0.1) is 0 Å². The van der Waals surface area contributed by atoms with Crippen LogP contribution in [0.5, 0.6) is 0 Å². The number of fused-ring (bicyclic) bond motifs is 2. The van der Waals surface area contributed by atoms with Gasteiger partial charge in [0.15, 0.2) is 0 Å². The summed E-state index contributed by atoms with van der Waals surface area (Å²) in [5.41, 5.74) is 2.01. The SMILES string of the molecule is O=C(NCCc1c[nH]c2ccccc12)c1cc(=O)nc2sc(N3CCCC3)nn12. The maximum Gasteiger partial charge on any atom is 0.274 e. The molecule has 1 aromatic carbocycles. The van der Waals surface area contributed by atoms with Crippen LogP contribution in [0.3, 0.4) is 0 Å². The Hall–Kier alpha value is -3.20. The number of H-pyrrole nitrogens is 1. The summed E-state index contributed by atoms with van der Waals surface area (Å²) in [6.45, 7) is 2.34. The maximum atomic E-state index is 12.8. The molecule has 1 amide bonds. The first-order valence-corrected chi connectivity index (χ1v) is 10.5. The molecule has 1 aliphatic heterocycles. The number of para-hydroxylation sites is 1. The predicted molar refractivity (Wildman–Crippen MR) is 113 cm³/mol. The molecule has 5 rings (SSSR count). The van der Waals surface area contributed by atoms with Crippen molar-refractivity contribution in [3.63, 3.8) is 0 Å². The topological polar surface area (TPSA) is 95.4 Å². The van der Waals surface area contributed by atoms with Gasteiger partial charge in [0.2, 0.25) is 10.1 Å². The van der Waals surface area contributed by atoms with Crippen molar-refractivity contribution >= 4 is 38.2 Å². The summed E-state index contributed by atoms with van der Waals surface area (Å²) in [6, 6.07) is 9.32. The number of amides is 1. The van der Waals surface area contributed by atoms with E-state index in [1.807, 2.05) is 24.4 Å². The van der Waals surface area contributed by atoms with Crippen LogP contribution >= 0.6 is 11.3 Å². The Kier molecular flexibility index (Phi) is 4.51. The molecular weight excluding hydrogens is 388 g/mol. The van der Waals surface area contributed by atoms with Crippen LogP contribution in [-0.2, 0) is 6.42 Å². The third-order valence-electron chi connectivity index (χ3n) is 5.21. The van der Waals surface area contributed by atoms with Crippen LogP contribution < -0.4 is 15.8 Å². The standard InChI is InChI=1S/C20H20N6O2S/c27-17-11-16(26-19(23-17)29-20(24-26)25-9-3-4-10-25)18(28)21-8-7-13-12-22-15-6-2-1-5-14(13)15/h1-2,5-6,11-12,22H,3-4,7-10H2,(H,21,28). The number of nitrogens with zero attached hydrogens (tertiary/aromatic N) is 4. The lowest BCUT2D eigenvalue weighted by Gasteiger charge is -2.11. The third kappa shape index (κ3) is 3.38. The molecule has 4 aromatic rings. The largest absolute Gasteiger partial charge is 0.361 e. The van der Waals surface area contributed by atoms with Gasteiger partial charge < -0.3 is 15.2 Å². The molecule has 29 heavy (non-hydrogen) atoms. The number of rotatable bonds is 5. The fourth-order valence-electron chi connectivity index (χ4n) is 3.74. The van der Waals surface area contributed by atoms with Gasteiger partial charge in [-0.05, 0) is 30.9 Å². The molecule has 0 atom stereocenters. The Morgan fingerprint density at radius 2 is 2.07 bits per heavy atom. The lowest BCUT2D eigenvalue weighted by Crippen LogP contribution is -2.29. The molecule has 9 heteroatoms. The van der Waals surface area contributed by atoms with Gasteiger partial charge >= 0.3 is 0 Å². The van der Waals surface area contributed by atoms with Crippen LogP contribution in [0.1, 0.15) is 28.9 Å². The van der Waals surface area contributed by atoms with Crippen LogP contribution in [0.25, 0.3) is 15.9 Å². The van der Waals surface area contributed by atoms with E-state index in [4.69, 9.17) is 0 Å². The van der Waals surface area contributed by atoms with E-state index in [0.29, 0.717) is 17.9 Å². The van der Waals surface area contributed by atoms with Crippen molar-refractivity contribution in [2.75, 3.05) is 24.5 Å². The van der Waals surface area contributed by atoms with Crippen LogP contribution in [0.15, 0.2) is 41.3 Å². The summed E-state index contributed by atoms with van der Waals surface area (Å²) < 4.78 is 1.49. The molecule has 4 heterocycles. The fourth-order valence-corrected chi connectivity index (χ4v) is 4.70. The molecule has 1 fully saturated rings. The highest BCUT2D eigenvalue weighted by atomic mass is 32.1. The van der Waals surface area contributed by atoms with Crippen molar-refractivity contribution in [3.8, 4) is 0 Å². The number of aromatic amines is 1. The van der Waals surface area contributed by atoms with E-state index in [-0.39, 0.29) is 11.6 Å². The molecule has 0 unspecified atom stereocenters. The number of aromatic nitrogens is 4. The number of anilines is 1. The normalized spacial score (nSPS) is 14.1. The number of hydrogen-bond donors (Lipinski definition) is 2. The summed E-state index contributed by atoms with van der Waals surface area (Å²) in [6.07, 6.45) is 4.91. The Bertz CT molecular complexity index is 1250. The molecule has 1 aliphatic rings. The summed E-state index contributed by atoms with van der Waals surface area (Å²) in [5.74, 6) is -0.322. The smallest absolute Gasteiger partial charge is 0.274 e. The Morgan fingerprint density at radius 1 is 1.24 bits per heavy atom. The molecule has 3 aromatic heterocycles. The van der Waals surface area contributed by atoms with E-state index in [0.717, 1.165) is 47.5 Å². The summed E-state index contributed by atoms with van der Waals surface area (Å²) in [5, 5.41) is 9.41. The van der Waals surface area contributed by atoms with E-state index >= 15 is 0 Å². The molecule has 0 spiro atoms. The van der Waals surface area contributed by atoms with Crippen molar-refractivity contribution in [2.45, 2.75) is 19.3 Å². The highest BCUT2D eigenvalue weighted by Gasteiger charge is 2.20. The second-order valence-electron chi connectivity index (χ2n) is 7.12. The van der Waals surface area contributed by atoms with E-state index < -0.39 is 5.56 Å². The van der Waals surface area contributed by atoms with Gasteiger partial charge in [-0.2, -0.15) is 9.50 Å². The summed E-state index contributed by atoms with van der Waals surface area (Å²) in [7, 11) is 0. The van der Waals surface area contributed by atoms with Gasteiger partial charge in [0.25, 0.3) is 11.5 Å². The first kappa shape index (κ1) is 17.9. The van der Waals surface area contributed by atoms with Gasteiger partial charge in [0.1, 0.15) is 5.69 Å². The first-order chi connectivity index (χ1) is 14.2. The predicted octanol–water partition coefficient (Wildman–Crippen LogP) is 2.21. The van der Waals surface area contributed by atoms with E-state index in [9.17, 15) is 9.59 Å². The van der Waals surface area contributed by atoms with Crippen molar-refractivity contribution in [1.29, 1.82) is 0 Å². The number of nitrogens with one attached hydrogen (secondary N) is 2. The molecule has 0 aliphatic carbocycles. The lowest BCUT2D eigenvalue weighted by molar-refractivity contribution is 0.0946. The van der Waals surface area contributed by atoms with Crippen LogP contribution in [-0.4, -0.2) is 45.1 Å². The van der Waals surface area contributed by atoms with Gasteiger partial charge in [-0.15, -0.1) is 5.10 Å². The highest BCUT2D eigenvalue weighted by molar-refractivity contribution is 7.20. The first-order valence-electron chi connectivity index (χ1n) is 9.68. The highest BCUT2D eigenvalue weighted by Crippen LogP contribution is 2.25. The van der Waals surface area contributed by atoms with Crippen LogP contribution in [0.4, 0.5) is 5.13 Å². The fraction of sp³-hybridized carbons (Fsp3) is 0.300. The zero-order valence-electron chi connectivity index (χ0n) is 15.7. The van der Waals surface area contributed by atoms with Crippen LogP contribution in [0.2, 0.25) is 0 Å². The van der Waals surface area contributed by atoms with Crippen molar-refractivity contribution in [1.82, 2.24) is 24.9 Å². The zero-order valence-corrected chi connectivity index (χ0v) is 16.5. The number of hydrogen-bond acceptors (Lipinski definition) is 6. The Morgan fingerprint density at radius 3 is 2.93 bits per heavy atom. The van der Waals surface area contributed by atoms with Gasteiger partial charge in [-0.25, -0.2) is 0 Å². The minimum atomic E-state index is -0.427.